The van der Waals surface area contributed by atoms with Crippen molar-refractivity contribution < 1.29 is 19.4 Å². The number of hydrogen-bond acceptors (Lipinski definition) is 4. The third-order valence-corrected chi connectivity index (χ3v) is 4.51. The summed E-state index contributed by atoms with van der Waals surface area (Å²) in [7, 11) is 0. The van der Waals surface area contributed by atoms with Crippen molar-refractivity contribution >= 4 is 23.6 Å². The maximum absolute atomic E-state index is 12.1. The first-order chi connectivity index (χ1) is 11.7. The highest BCUT2D eigenvalue weighted by atomic mass is 32.2. The van der Waals surface area contributed by atoms with E-state index in [2.05, 4.69) is 39.1 Å². The topological polar surface area (TPSA) is 75.6 Å². The van der Waals surface area contributed by atoms with Crippen LogP contribution in [0.15, 0.2) is 18.2 Å². The summed E-state index contributed by atoms with van der Waals surface area (Å²) in [5.74, 6) is -0.112. The van der Waals surface area contributed by atoms with Crippen LogP contribution in [0.5, 0.6) is 5.75 Å². The van der Waals surface area contributed by atoms with Crippen LogP contribution in [0.4, 0.5) is 0 Å². The third-order valence-electron chi connectivity index (χ3n) is 3.86. The van der Waals surface area contributed by atoms with Gasteiger partial charge in [0.1, 0.15) is 11.8 Å². The fourth-order valence-electron chi connectivity index (χ4n) is 2.38. The van der Waals surface area contributed by atoms with E-state index in [0.717, 1.165) is 12.0 Å². The molecular weight excluding hydrogens is 338 g/mol. The smallest absolute Gasteiger partial charge is 0.326 e. The number of nitrogens with one attached hydrogen (secondary N) is 1. The zero-order valence-electron chi connectivity index (χ0n) is 15.7. The van der Waals surface area contributed by atoms with Crippen LogP contribution < -0.4 is 10.1 Å². The fourth-order valence-corrected chi connectivity index (χ4v) is 2.85. The second kappa shape index (κ2) is 9.70. The zero-order valence-corrected chi connectivity index (χ0v) is 16.5. The summed E-state index contributed by atoms with van der Waals surface area (Å²) in [6.07, 6.45) is 3.22. The standard InChI is InChI=1S/C19H29NO4S/c1-6-13-7-8-16(14(11-13)19(2,3)4)24-12-17(21)20-15(18(22)23)9-10-25-5/h7-8,11,15H,6,9-10,12H2,1-5H3,(H,20,21)(H,22,23)/t15-/m0/s1. The SMILES string of the molecule is CCc1ccc(OCC(=O)N[C@@H](CCSC)C(=O)O)c(C(C)(C)C)c1. The van der Waals surface area contributed by atoms with Crippen molar-refractivity contribution in [3.05, 3.63) is 29.3 Å². The van der Waals surface area contributed by atoms with Gasteiger partial charge in [0.15, 0.2) is 6.61 Å². The normalized spacial score (nSPS) is 12.5. The predicted molar refractivity (Wildman–Crippen MR) is 103 cm³/mol. The van der Waals surface area contributed by atoms with Crippen molar-refractivity contribution in [2.45, 2.75) is 52.0 Å². The van der Waals surface area contributed by atoms with E-state index in [-0.39, 0.29) is 12.0 Å². The second-order valence-corrected chi connectivity index (χ2v) is 7.95. The lowest BCUT2D eigenvalue weighted by atomic mass is 9.85. The van der Waals surface area contributed by atoms with E-state index in [1.807, 2.05) is 18.4 Å². The van der Waals surface area contributed by atoms with Gasteiger partial charge in [-0.15, -0.1) is 0 Å². The highest BCUT2D eigenvalue weighted by Gasteiger charge is 2.22. The number of thioether (sulfide) groups is 1. The molecule has 0 aliphatic heterocycles. The van der Waals surface area contributed by atoms with Crippen LogP contribution in [-0.4, -0.2) is 41.6 Å². The van der Waals surface area contributed by atoms with E-state index in [1.165, 1.54) is 5.56 Å². The maximum Gasteiger partial charge on any atom is 0.326 e. The first-order valence-electron chi connectivity index (χ1n) is 8.46. The molecule has 1 amide bonds. The number of ether oxygens (including phenoxy) is 1. The predicted octanol–water partition coefficient (Wildman–Crippen LogP) is 3.25. The van der Waals surface area contributed by atoms with Crippen LogP contribution in [0.3, 0.4) is 0 Å². The molecule has 0 fully saturated rings. The van der Waals surface area contributed by atoms with E-state index >= 15 is 0 Å². The van der Waals surface area contributed by atoms with Crippen LogP contribution in [-0.2, 0) is 21.4 Å². The van der Waals surface area contributed by atoms with Gasteiger partial charge in [0.25, 0.3) is 5.91 Å². The van der Waals surface area contributed by atoms with Gasteiger partial charge in [0.2, 0.25) is 0 Å². The molecule has 0 unspecified atom stereocenters. The Morgan fingerprint density at radius 3 is 2.52 bits per heavy atom. The number of carbonyl (C=O) groups is 2. The molecule has 2 N–H and O–H groups in total. The number of hydrogen-bond donors (Lipinski definition) is 2. The van der Waals surface area contributed by atoms with Crippen molar-refractivity contribution in [1.82, 2.24) is 5.32 Å². The number of carbonyl (C=O) groups excluding carboxylic acids is 1. The molecule has 5 nitrogen and oxygen atoms in total. The summed E-state index contributed by atoms with van der Waals surface area (Å²) < 4.78 is 5.70. The molecule has 0 saturated carbocycles. The van der Waals surface area contributed by atoms with Gasteiger partial charge < -0.3 is 15.2 Å². The Bertz CT molecular complexity index is 596. The molecule has 140 valence electrons. The van der Waals surface area contributed by atoms with E-state index in [0.29, 0.717) is 17.9 Å². The largest absolute Gasteiger partial charge is 0.483 e. The Hall–Kier alpha value is -1.69. The Kier molecular flexibility index (Phi) is 8.29. The molecule has 0 aromatic heterocycles. The van der Waals surface area contributed by atoms with E-state index < -0.39 is 17.9 Å². The lowest BCUT2D eigenvalue weighted by Crippen LogP contribution is -2.43. The van der Waals surface area contributed by atoms with Gasteiger partial charge in [-0.25, -0.2) is 4.79 Å². The summed E-state index contributed by atoms with van der Waals surface area (Å²) in [5.41, 5.74) is 2.14. The molecule has 25 heavy (non-hydrogen) atoms. The molecule has 0 bridgehead atoms. The first-order valence-corrected chi connectivity index (χ1v) is 9.85. The van der Waals surface area contributed by atoms with Crippen molar-refractivity contribution in [1.29, 1.82) is 0 Å². The highest BCUT2D eigenvalue weighted by molar-refractivity contribution is 7.98. The third kappa shape index (κ3) is 6.98. The second-order valence-electron chi connectivity index (χ2n) is 6.96. The molecule has 1 aromatic carbocycles. The number of carboxylic acid groups (broad SMARTS) is 1. The van der Waals surface area contributed by atoms with Crippen molar-refractivity contribution in [2.24, 2.45) is 0 Å². The average molecular weight is 368 g/mol. The molecule has 0 aliphatic rings. The van der Waals surface area contributed by atoms with Gasteiger partial charge in [-0.2, -0.15) is 11.8 Å². The van der Waals surface area contributed by atoms with Crippen LogP contribution in [0.2, 0.25) is 0 Å². The maximum atomic E-state index is 12.1. The Balaban J connectivity index is 2.76. The highest BCUT2D eigenvalue weighted by Crippen LogP contribution is 2.32. The molecule has 1 aromatic rings. The molecule has 0 saturated heterocycles. The Morgan fingerprint density at radius 2 is 2.00 bits per heavy atom. The minimum Gasteiger partial charge on any atom is -0.483 e. The van der Waals surface area contributed by atoms with Gasteiger partial charge in [-0.3, -0.25) is 4.79 Å². The van der Waals surface area contributed by atoms with Gasteiger partial charge in [0, 0.05) is 0 Å². The van der Waals surface area contributed by atoms with Gasteiger partial charge in [0.05, 0.1) is 0 Å². The van der Waals surface area contributed by atoms with Crippen LogP contribution in [0, 0.1) is 0 Å². The number of aliphatic carboxylic acids is 1. The first kappa shape index (κ1) is 21.4. The molecule has 6 heteroatoms. The van der Waals surface area contributed by atoms with Crippen LogP contribution in [0.25, 0.3) is 0 Å². The summed E-state index contributed by atoms with van der Waals surface area (Å²) in [6, 6.07) is 5.09. The number of aryl methyl sites for hydroxylation is 1. The molecular formula is C19H29NO4S. The summed E-state index contributed by atoms with van der Waals surface area (Å²) >= 11 is 1.55. The number of amides is 1. The van der Waals surface area contributed by atoms with Crippen LogP contribution in [0.1, 0.15) is 45.2 Å². The summed E-state index contributed by atoms with van der Waals surface area (Å²) in [5, 5.41) is 11.7. The number of benzene rings is 1. The van der Waals surface area contributed by atoms with E-state index in [4.69, 9.17) is 4.74 Å². The molecule has 0 aliphatic carbocycles. The average Bonchev–Trinajstić information content (AvgIpc) is 2.55. The molecule has 0 heterocycles. The number of carboxylic acids is 1. The molecule has 1 rings (SSSR count). The van der Waals surface area contributed by atoms with E-state index in [1.54, 1.807) is 11.8 Å². The zero-order chi connectivity index (χ0) is 19.0. The van der Waals surface area contributed by atoms with Crippen molar-refractivity contribution in [3.63, 3.8) is 0 Å². The Labute approximate surface area is 154 Å². The monoisotopic (exact) mass is 367 g/mol. The molecule has 0 spiro atoms. The van der Waals surface area contributed by atoms with Gasteiger partial charge in [-0.05, 0) is 47.5 Å². The van der Waals surface area contributed by atoms with Gasteiger partial charge in [-0.1, -0.05) is 39.8 Å². The lowest BCUT2D eigenvalue weighted by molar-refractivity contribution is -0.142. The van der Waals surface area contributed by atoms with Crippen molar-refractivity contribution in [2.75, 3.05) is 18.6 Å². The minimum absolute atomic E-state index is 0.112. The quantitative estimate of drug-likeness (QED) is 0.701. The minimum atomic E-state index is -1.02. The van der Waals surface area contributed by atoms with Crippen LogP contribution >= 0.6 is 11.8 Å². The fraction of sp³-hybridized carbons (Fsp3) is 0.579. The van der Waals surface area contributed by atoms with E-state index in [9.17, 15) is 14.7 Å². The summed E-state index contributed by atoms with van der Waals surface area (Å²) in [6.45, 7) is 8.18. The summed E-state index contributed by atoms with van der Waals surface area (Å²) in [4.78, 5) is 23.3. The lowest BCUT2D eigenvalue weighted by Gasteiger charge is -2.24. The Morgan fingerprint density at radius 1 is 1.32 bits per heavy atom. The van der Waals surface area contributed by atoms with Gasteiger partial charge >= 0.3 is 5.97 Å². The van der Waals surface area contributed by atoms with Crippen molar-refractivity contribution in [3.8, 4) is 5.75 Å². The molecule has 1 atom stereocenters. The molecule has 0 radical (unpaired) electrons. The number of rotatable bonds is 9.